The number of carbonyl (C=O) groups excluding carboxylic acids is 4. The first kappa shape index (κ1) is 19.8. The van der Waals surface area contributed by atoms with Crippen molar-refractivity contribution in [1.82, 2.24) is 4.90 Å². The van der Waals surface area contributed by atoms with Crippen LogP contribution in [0, 0.1) is 11.8 Å². The molecule has 29 heavy (non-hydrogen) atoms. The molecule has 4 atom stereocenters. The van der Waals surface area contributed by atoms with Crippen molar-refractivity contribution in [3.05, 3.63) is 28.8 Å². The third-order valence-corrected chi connectivity index (χ3v) is 6.52. The zero-order valence-electron chi connectivity index (χ0n) is 16.3. The Balaban J connectivity index is 1.88. The van der Waals surface area contributed by atoms with Crippen LogP contribution < -0.4 is 15.7 Å². The van der Waals surface area contributed by atoms with Crippen LogP contribution in [0.3, 0.4) is 0 Å². The lowest BCUT2D eigenvalue weighted by Gasteiger charge is -2.33. The van der Waals surface area contributed by atoms with Gasteiger partial charge in [0.05, 0.1) is 10.7 Å². The number of halogens is 1. The summed E-state index contributed by atoms with van der Waals surface area (Å²) in [6, 6.07) is 4.52. The van der Waals surface area contributed by atoms with Crippen LogP contribution in [0.4, 0.5) is 5.69 Å². The van der Waals surface area contributed by atoms with Crippen molar-refractivity contribution in [2.75, 3.05) is 5.32 Å². The minimum atomic E-state index is -1.35. The number of amides is 3. The van der Waals surface area contributed by atoms with E-state index in [1.165, 1.54) is 4.90 Å². The molecular weight excluding hydrogens is 398 g/mol. The van der Waals surface area contributed by atoms with Crippen molar-refractivity contribution < 1.29 is 29.6 Å². The summed E-state index contributed by atoms with van der Waals surface area (Å²) in [7, 11) is 0. The summed E-state index contributed by atoms with van der Waals surface area (Å²) in [4.78, 5) is 52.3. The summed E-state index contributed by atoms with van der Waals surface area (Å²) in [5, 5.41) is 15.9. The van der Waals surface area contributed by atoms with Gasteiger partial charge in [0.25, 0.3) is 5.91 Å². The highest BCUT2D eigenvalue weighted by Gasteiger charge is 2.74. The van der Waals surface area contributed by atoms with Gasteiger partial charge in [-0.3, -0.25) is 19.3 Å². The number of anilines is 1. The molecule has 9 heteroatoms. The fraction of sp³-hybridized carbons (Fsp3) is 0.500. The number of nitrogens with one attached hydrogen (secondary N) is 1. The van der Waals surface area contributed by atoms with E-state index in [0.717, 1.165) is 0 Å². The number of hydrogen-bond donors (Lipinski definition) is 2. The van der Waals surface area contributed by atoms with Crippen LogP contribution in [-0.4, -0.2) is 40.2 Å². The standard InChI is InChI=1S/C20H22ClN3O5/c1-19(2,3)24-16(27)13-11(7-8-12(25)26)23-20(14(13)17(24)28)9-5-4-6-10(21)15(9)22-18(20)29/h4-6,11,13-14,23H,7-8H2,1-3H3,(H,22,29)(H,25,26)/t11-,13+,14-,20-/m0/s1. The van der Waals surface area contributed by atoms with E-state index >= 15 is 0 Å². The van der Waals surface area contributed by atoms with Gasteiger partial charge in [0, 0.05) is 23.5 Å². The molecule has 0 unspecified atom stereocenters. The summed E-state index contributed by atoms with van der Waals surface area (Å²) >= 11 is 6.27. The molecule has 0 radical (unpaired) electrons. The Kier molecular flexibility index (Phi) is 4.29. The molecule has 0 aromatic heterocycles. The molecular formula is C20H22ClN3O5. The second-order valence-electron chi connectivity index (χ2n) is 8.91. The number of likely N-dealkylation sites (tertiary alicyclic amines) is 1. The van der Waals surface area contributed by atoms with Crippen molar-refractivity contribution >= 4 is 41.0 Å². The van der Waals surface area contributed by atoms with Crippen molar-refractivity contribution in [3.8, 4) is 0 Å². The predicted molar refractivity (Wildman–Crippen MR) is 100 cm³/mol. The van der Waals surface area contributed by atoms with Crippen LogP contribution in [0.1, 0.15) is 39.2 Å². The van der Waals surface area contributed by atoms with E-state index in [-0.39, 0.29) is 18.7 Å². The Morgan fingerprint density at radius 1 is 1.28 bits per heavy atom. The van der Waals surface area contributed by atoms with Crippen LogP contribution >= 0.6 is 11.6 Å². The number of para-hydroxylation sites is 1. The molecule has 0 saturated carbocycles. The van der Waals surface area contributed by atoms with Crippen molar-refractivity contribution in [1.29, 1.82) is 0 Å². The first-order chi connectivity index (χ1) is 13.5. The number of nitrogens with zero attached hydrogens (tertiary/aromatic N) is 1. The summed E-state index contributed by atoms with van der Waals surface area (Å²) in [6.45, 7) is 5.28. The second kappa shape index (κ2) is 6.27. The maximum Gasteiger partial charge on any atom is 0.291 e. The normalized spacial score (nSPS) is 30.7. The summed E-state index contributed by atoms with van der Waals surface area (Å²) in [5.41, 5.74) is -1.12. The minimum absolute atomic E-state index is 0.116. The van der Waals surface area contributed by atoms with Crippen molar-refractivity contribution in [3.63, 3.8) is 0 Å². The number of rotatable bonds is 3. The minimum Gasteiger partial charge on any atom is -0.550 e. The molecule has 3 N–H and O–H groups in total. The Morgan fingerprint density at radius 3 is 2.59 bits per heavy atom. The van der Waals surface area contributed by atoms with Gasteiger partial charge in [-0.1, -0.05) is 17.7 Å². The number of hydrogen-bond acceptors (Lipinski definition) is 5. The third kappa shape index (κ3) is 2.62. The maximum absolute atomic E-state index is 13.5. The quantitative estimate of drug-likeness (QED) is 0.631. The molecule has 0 bridgehead atoms. The fourth-order valence-corrected chi connectivity index (χ4v) is 5.39. The van der Waals surface area contributed by atoms with Crippen molar-refractivity contribution in [2.24, 2.45) is 11.8 Å². The summed E-state index contributed by atoms with van der Waals surface area (Å²) in [6.07, 6.45) is -0.146. The molecule has 3 heterocycles. The Morgan fingerprint density at radius 2 is 1.97 bits per heavy atom. The second-order valence-corrected chi connectivity index (χ2v) is 9.32. The van der Waals surface area contributed by atoms with Crippen LogP contribution in [0.2, 0.25) is 5.02 Å². The number of quaternary nitrogens is 1. The van der Waals surface area contributed by atoms with Gasteiger partial charge in [-0.15, -0.1) is 0 Å². The van der Waals surface area contributed by atoms with Gasteiger partial charge >= 0.3 is 0 Å². The van der Waals surface area contributed by atoms with Gasteiger partial charge in [0.1, 0.15) is 17.9 Å². The molecule has 3 aliphatic heterocycles. The SMILES string of the molecule is CC(C)(C)N1C(=O)[C@@H]2[C@H](CCC(=O)[O-])[NH2+][C@]3(C(=O)Nc4c(Cl)cccc43)[C@@H]2C1=O. The number of carboxylic acid groups (broad SMARTS) is 1. The number of imide groups is 1. The molecule has 3 amide bonds. The zero-order valence-corrected chi connectivity index (χ0v) is 17.1. The monoisotopic (exact) mass is 419 g/mol. The highest BCUT2D eigenvalue weighted by atomic mass is 35.5. The lowest BCUT2D eigenvalue weighted by molar-refractivity contribution is -0.734. The lowest BCUT2D eigenvalue weighted by Crippen LogP contribution is -2.99. The van der Waals surface area contributed by atoms with Crippen LogP contribution in [0.15, 0.2) is 18.2 Å². The van der Waals surface area contributed by atoms with Gasteiger partial charge < -0.3 is 20.5 Å². The van der Waals surface area contributed by atoms with E-state index < -0.39 is 46.7 Å². The molecule has 4 rings (SSSR count). The topological polar surface area (TPSA) is 123 Å². The molecule has 3 aliphatic rings. The Hall–Kier alpha value is -2.45. The number of benzene rings is 1. The van der Waals surface area contributed by atoms with E-state index in [2.05, 4.69) is 5.32 Å². The van der Waals surface area contributed by atoms with E-state index in [4.69, 9.17) is 11.6 Å². The molecule has 8 nitrogen and oxygen atoms in total. The smallest absolute Gasteiger partial charge is 0.291 e. The van der Waals surface area contributed by atoms with Gasteiger partial charge in [-0.05, 0) is 39.3 Å². The number of aliphatic carboxylic acids is 1. The van der Waals surface area contributed by atoms with Crippen LogP contribution in [0.25, 0.3) is 0 Å². The van der Waals surface area contributed by atoms with E-state index in [1.807, 2.05) is 0 Å². The number of carbonyl (C=O) groups is 4. The van der Waals surface area contributed by atoms with Gasteiger partial charge in [0.15, 0.2) is 0 Å². The first-order valence-electron chi connectivity index (χ1n) is 9.54. The fourth-order valence-electron chi connectivity index (χ4n) is 5.16. The molecule has 1 aromatic rings. The molecule has 0 aliphatic carbocycles. The first-order valence-corrected chi connectivity index (χ1v) is 9.92. The van der Waals surface area contributed by atoms with Crippen LogP contribution in [-0.2, 0) is 24.7 Å². The Bertz CT molecular complexity index is 956. The summed E-state index contributed by atoms with van der Waals surface area (Å²) in [5.74, 6) is -4.16. The van der Waals surface area contributed by atoms with Crippen LogP contribution in [0.5, 0.6) is 0 Å². The third-order valence-electron chi connectivity index (χ3n) is 6.21. The average Bonchev–Trinajstić information content (AvgIpc) is 3.19. The maximum atomic E-state index is 13.5. The molecule has 2 saturated heterocycles. The Labute approximate surface area is 172 Å². The number of carboxylic acids is 1. The number of nitrogens with two attached hydrogens (primary N) is 1. The van der Waals surface area contributed by atoms with Gasteiger partial charge in [0.2, 0.25) is 17.4 Å². The lowest BCUT2D eigenvalue weighted by atomic mass is 9.76. The van der Waals surface area contributed by atoms with E-state index in [0.29, 0.717) is 16.3 Å². The largest absolute Gasteiger partial charge is 0.550 e. The van der Waals surface area contributed by atoms with Gasteiger partial charge in [-0.25, -0.2) is 0 Å². The number of fused-ring (bicyclic) bond motifs is 4. The van der Waals surface area contributed by atoms with E-state index in [9.17, 15) is 24.3 Å². The van der Waals surface area contributed by atoms with Gasteiger partial charge in [-0.2, -0.15) is 0 Å². The highest BCUT2D eigenvalue weighted by molar-refractivity contribution is 6.35. The highest BCUT2D eigenvalue weighted by Crippen LogP contribution is 2.51. The molecule has 1 spiro atoms. The summed E-state index contributed by atoms with van der Waals surface area (Å²) < 4.78 is 0. The van der Waals surface area contributed by atoms with E-state index in [1.54, 1.807) is 44.3 Å². The average molecular weight is 420 g/mol. The predicted octanol–water partition coefficient (Wildman–Crippen LogP) is -0.637. The molecule has 154 valence electrons. The molecule has 1 aromatic carbocycles. The zero-order chi connectivity index (χ0) is 21.3. The molecule has 2 fully saturated rings. The van der Waals surface area contributed by atoms with Crippen molar-refractivity contribution in [2.45, 2.75) is 50.7 Å².